The minimum atomic E-state index is 0.654. The van der Waals surface area contributed by atoms with Gasteiger partial charge in [0.1, 0.15) is 0 Å². The fraction of sp³-hybridized carbons (Fsp3) is 1.00. The molecule has 1 rings (SSSR count). The Morgan fingerprint density at radius 3 is 1.88 bits per heavy atom. The van der Waals surface area contributed by atoms with E-state index >= 15 is 0 Å². The number of hydrogen-bond acceptors (Lipinski definition) is 5. The van der Waals surface area contributed by atoms with E-state index < -0.39 is 0 Å². The number of nitrogens with zero attached hydrogens (tertiary/aromatic N) is 1. The largest absolute Gasteiger partial charge is 0.383 e. The summed E-state index contributed by atoms with van der Waals surface area (Å²) in [6, 6.07) is 0. The number of methoxy groups -OCH3 is 1. The van der Waals surface area contributed by atoms with Crippen molar-refractivity contribution >= 4 is 0 Å². The second kappa shape index (κ2) is 9.99. The highest BCUT2D eigenvalue weighted by molar-refractivity contribution is 4.57. The van der Waals surface area contributed by atoms with E-state index in [1.165, 1.54) is 0 Å². The minimum Gasteiger partial charge on any atom is -0.383 e. The monoisotopic (exact) mass is 233 g/mol. The van der Waals surface area contributed by atoms with Gasteiger partial charge in [-0.05, 0) is 0 Å². The van der Waals surface area contributed by atoms with Crippen LogP contribution in [0.25, 0.3) is 0 Å². The Balaban J connectivity index is 2.19. The van der Waals surface area contributed by atoms with Gasteiger partial charge in [-0.3, -0.25) is 4.90 Å². The maximum absolute atomic E-state index is 5.47. The number of ether oxygens (including phenoxy) is 4. The third-order valence-corrected chi connectivity index (χ3v) is 2.46. The van der Waals surface area contributed by atoms with Crippen molar-refractivity contribution in [2.75, 3.05) is 73.0 Å². The topological polar surface area (TPSA) is 40.2 Å². The van der Waals surface area contributed by atoms with Gasteiger partial charge in [-0.2, -0.15) is 0 Å². The molecular formula is C11H23NO4. The van der Waals surface area contributed by atoms with E-state index in [-0.39, 0.29) is 0 Å². The standard InChI is InChI=1S/C11H23NO4/c1-13-5-2-12-3-6-14-8-10-16-11-9-15-7-4-12/h2-11H2,1H3. The highest BCUT2D eigenvalue weighted by Crippen LogP contribution is 1.92. The van der Waals surface area contributed by atoms with Crippen molar-refractivity contribution in [1.29, 1.82) is 0 Å². The molecule has 0 aromatic rings. The molecule has 5 heteroatoms. The van der Waals surface area contributed by atoms with Crippen molar-refractivity contribution in [3.8, 4) is 0 Å². The fourth-order valence-corrected chi connectivity index (χ4v) is 1.48. The summed E-state index contributed by atoms with van der Waals surface area (Å²) < 4.78 is 21.3. The van der Waals surface area contributed by atoms with E-state index in [0.717, 1.165) is 39.5 Å². The summed E-state index contributed by atoms with van der Waals surface area (Å²) in [6.07, 6.45) is 0. The second-order valence-electron chi connectivity index (χ2n) is 3.67. The van der Waals surface area contributed by atoms with Crippen LogP contribution in [-0.2, 0) is 18.9 Å². The van der Waals surface area contributed by atoms with Gasteiger partial charge in [0, 0.05) is 26.7 Å². The molecule has 1 aliphatic rings. The van der Waals surface area contributed by atoms with Gasteiger partial charge in [0.15, 0.2) is 0 Å². The summed E-state index contributed by atoms with van der Waals surface area (Å²) in [5, 5.41) is 0. The molecule has 1 heterocycles. The van der Waals surface area contributed by atoms with Crippen LogP contribution in [-0.4, -0.2) is 77.9 Å². The Bertz CT molecular complexity index is 145. The van der Waals surface area contributed by atoms with Crippen LogP contribution < -0.4 is 0 Å². The van der Waals surface area contributed by atoms with Gasteiger partial charge in [0.25, 0.3) is 0 Å². The maximum atomic E-state index is 5.47. The summed E-state index contributed by atoms with van der Waals surface area (Å²) in [6.45, 7) is 7.65. The van der Waals surface area contributed by atoms with E-state index in [4.69, 9.17) is 18.9 Å². The van der Waals surface area contributed by atoms with Crippen LogP contribution in [0.15, 0.2) is 0 Å². The molecule has 0 radical (unpaired) electrons. The van der Waals surface area contributed by atoms with Gasteiger partial charge in [0.05, 0.1) is 46.2 Å². The van der Waals surface area contributed by atoms with E-state index in [0.29, 0.717) is 26.4 Å². The molecule has 0 unspecified atom stereocenters. The average molecular weight is 233 g/mol. The summed E-state index contributed by atoms with van der Waals surface area (Å²) in [5.41, 5.74) is 0. The van der Waals surface area contributed by atoms with Crippen LogP contribution in [0.1, 0.15) is 0 Å². The average Bonchev–Trinajstić information content (AvgIpc) is 2.28. The van der Waals surface area contributed by atoms with E-state index in [1.54, 1.807) is 7.11 Å². The predicted molar refractivity (Wildman–Crippen MR) is 60.8 cm³/mol. The molecule has 96 valence electrons. The lowest BCUT2D eigenvalue weighted by Gasteiger charge is -2.22. The molecule has 1 fully saturated rings. The van der Waals surface area contributed by atoms with Crippen molar-refractivity contribution in [3.05, 3.63) is 0 Å². The van der Waals surface area contributed by atoms with E-state index in [9.17, 15) is 0 Å². The first-order valence-corrected chi connectivity index (χ1v) is 5.88. The summed E-state index contributed by atoms with van der Waals surface area (Å²) in [4.78, 5) is 2.30. The van der Waals surface area contributed by atoms with Gasteiger partial charge in [-0.1, -0.05) is 0 Å². The Morgan fingerprint density at radius 2 is 1.38 bits per heavy atom. The van der Waals surface area contributed by atoms with Crippen LogP contribution in [0.5, 0.6) is 0 Å². The summed E-state index contributed by atoms with van der Waals surface area (Å²) >= 11 is 0. The molecule has 16 heavy (non-hydrogen) atoms. The Hall–Kier alpha value is -0.200. The zero-order valence-corrected chi connectivity index (χ0v) is 10.2. The molecule has 0 atom stereocenters. The molecule has 1 aliphatic heterocycles. The lowest BCUT2D eigenvalue weighted by atomic mass is 10.4. The Kier molecular flexibility index (Phi) is 8.65. The molecule has 0 bridgehead atoms. The number of rotatable bonds is 3. The van der Waals surface area contributed by atoms with Crippen molar-refractivity contribution in [2.24, 2.45) is 0 Å². The normalized spacial score (nSPS) is 22.3. The lowest BCUT2D eigenvalue weighted by Crippen LogP contribution is -2.34. The van der Waals surface area contributed by atoms with Gasteiger partial charge in [-0.25, -0.2) is 0 Å². The van der Waals surface area contributed by atoms with Crippen molar-refractivity contribution in [1.82, 2.24) is 4.90 Å². The maximum Gasteiger partial charge on any atom is 0.0701 e. The van der Waals surface area contributed by atoms with E-state index in [2.05, 4.69) is 4.90 Å². The Morgan fingerprint density at radius 1 is 0.875 bits per heavy atom. The summed E-state index contributed by atoms with van der Waals surface area (Å²) in [7, 11) is 1.72. The first kappa shape index (κ1) is 13.9. The Labute approximate surface area is 97.6 Å². The van der Waals surface area contributed by atoms with Crippen LogP contribution in [0.4, 0.5) is 0 Å². The smallest absolute Gasteiger partial charge is 0.0701 e. The third kappa shape index (κ3) is 7.14. The lowest BCUT2D eigenvalue weighted by molar-refractivity contribution is -0.00837. The fourth-order valence-electron chi connectivity index (χ4n) is 1.48. The van der Waals surface area contributed by atoms with Crippen LogP contribution in [0.2, 0.25) is 0 Å². The molecule has 0 saturated carbocycles. The first-order chi connectivity index (χ1) is 7.93. The van der Waals surface area contributed by atoms with Gasteiger partial charge < -0.3 is 18.9 Å². The highest BCUT2D eigenvalue weighted by atomic mass is 16.5. The van der Waals surface area contributed by atoms with Gasteiger partial charge in [0.2, 0.25) is 0 Å². The highest BCUT2D eigenvalue weighted by Gasteiger charge is 2.05. The predicted octanol–water partition coefficient (Wildman–Crippen LogP) is -0.00180. The van der Waals surface area contributed by atoms with Crippen molar-refractivity contribution < 1.29 is 18.9 Å². The molecule has 0 N–H and O–H groups in total. The molecule has 1 saturated heterocycles. The van der Waals surface area contributed by atoms with Crippen molar-refractivity contribution in [3.63, 3.8) is 0 Å². The molecule has 5 nitrogen and oxygen atoms in total. The number of hydrogen-bond donors (Lipinski definition) is 0. The summed E-state index contributed by atoms with van der Waals surface area (Å²) in [5.74, 6) is 0. The van der Waals surface area contributed by atoms with Gasteiger partial charge in [-0.15, -0.1) is 0 Å². The van der Waals surface area contributed by atoms with Crippen molar-refractivity contribution in [2.45, 2.75) is 0 Å². The molecular weight excluding hydrogens is 210 g/mol. The quantitative estimate of drug-likeness (QED) is 0.686. The SMILES string of the molecule is COCCN1CCOCCOCCOCC1. The molecule has 0 aromatic carbocycles. The second-order valence-corrected chi connectivity index (χ2v) is 3.67. The van der Waals surface area contributed by atoms with E-state index in [1.807, 2.05) is 0 Å². The third-order valence-electron chi connectivity index (χ3n) is 2.46. The molecule has 0 aliphatic carbocycles. The van der Waals surface area contributed by atoms with Crippen LogP contribution in [0, 0.1) is 0 Å². The van der Waals surface area contributed by atoms with Crippen LogP contribution in [0.3, 0.4) is 0 Å². The molecule has 0 amide bonds. The van der Waals surface area contributed by atoms with Crippen LogP contribution >= 0.6 is 0 Å². The zero-order chi connectivity index (χ0) is 11.5. The minimum absolute atomic E-state index is 0.654. The zero-order valence-electron chi connectivity index (χ0n) is 10.2. The molecule has 0 spiro atoms. The van der Waals surface area contributed by atoms with Gasteiger partial charge >= 0.3 is 0 Å². The molecule has 0 aromatic heterocycles. The first-order valence-electron chi connectivity index (χ1n) is 5.88.